The first-order valence-electron chi connectivity index (χ1n) is 3.39. The van der Waals surface area contributed by atoms with Gasteiger partial charge in [-0.05, 0) is 12.3 Å². The lowest BCUT2D eigenvalue weighted by molar-refractivity contribution is 0.256. The molecular weight excluding hydrogens is 112 g/mol. The molecule has 0 bridgehead atoms. The summed E-state index contributed by atoms with van der Waals surface area (Å²) in [6.45, 7) is 2.36. The first-order valence-corrected chi connectivity index (χ1v) is 3.39. The number of rotatable bonds is 4. The Morgan fingerprint density at radius 3 is 2.67 bits per heavy atom. The molecule has 0 amide bonds. The molecule has 0 saturated carbocycles. The Morgan fingerprint density at radius 2 is 2.33 bits per heavy atom. The normalized spacial score (nSPS) is 12.6. The van der Waals surface area contributed by atoms with Crippen molar-refractivity contribution in [2.45, 2.75) is 26.2 Å². The van der Waals surface area contributed by atoms with Crippen LogP contribution in [0.2, 0.25) is 0 Å². The highest BCUT2D eigenvalue weighted by molar-refractivity contribution is 4.86. The van der Waals surface area contributed by atoms with Gasteiger partial charge in [0.05, 0.1) is 0 Å². The van der Waals surface area contributed by atoms with E-state index in [1.807, 2.05) is 0 Å². The molecule has 9 heavy (non-hydrogen) atoms. The molecule has 0 rings (SSSR count). The largest absolute Gasteiger partial charge is 0.396 e. The van der Waals surface area contributed by atoms with E-state index in [4.69, 9.17) is 11.5 Å². The van der Waals surface area contributed by atoms with E-state index in [2.05, 4.69) is 12.8 Å². The monoisotopic (exact) mass is 126 g/mol. The van der Waals surface area contributed by atoms with Crippen LogP contribution in [-0.4, -0.2) is 11.7 Å². The third-order valence-corrected chi connectivity index (χ3v) is 1.52. The van der Waals surface area contributed by atoms with Crippen LogP contribution in [0.3, 0.4) is 0 Å². The van der Waals surface area contributed by atoms with Crippen molar-refractivity contribution in [2.24, 2.45) is 5.92 Å². The van der Waals surface area contributed by atoms with Crippen LogP contribution in [0.15, 0.2) is 0 Å². The first-order chi connectivity index (χ1) is 4.35. The Kier molecular flexibility index (Phi) is 5.35. The van der Waals surface area contributed by atoms with E-state index in [1.165, 1.54) is 0 Å². The van der Waals surface area contributed by atoms with Gasteiger partial charge in [-0.1, -0.05) is 13.3 Å². The zero-order valence-electron chi connectivity index (χ0n) is 5.93. The minimum absolute atomic E-state index is 0.264. The van der Waals surface area contributed by atoms with E-state index in [0.29, 0.717) is 5.92 Å². The molecular formula is C8H14O. The van der Waals surface area contributed by atoms with Gasteiger partial charge in [-0.3, -0.25) is 0 Å². The van der Waals surface area contributed by atoms with Gasteiger partial charge in [0.25, 0.3) is 0 Å². The van der Waals surface area contributed by atoms with Crippen LogP contribution in [0.1, 0.15) is 26.2 Å². The molecule has 0 saturated heterocycles. The van der Waals surface area contributed by atoms with Gasteiger partial charge in [0.1, 0.15) is 0 Å². The lowest BCUT2D eigenvalue weighted by Gasteiger charge is -2.07. The zero-order valence-corrected chi connectivity index (χ0v) is 5.93. The number of aliphatic hydroxyl groups excluding tert-OH is 1. The molecule has 0 fully saturated rings. The van der Waals surface area contributed by atoms with E-state index in [-0.39, 0.29) is 6.61 Å². The molecule has 1 atom stereocenters. The summed E-state index contributed by atoms with van der Waals surface area (Å²) in [7, 11) is 0. The van der Waals surface area contributed by atoms with E-state index in [0.717, 1.165) is 19.3 Å². The van der Waals surface area contributed by atoms with Gasteiger partial charge < -0.3 is 5.11 Å². The summed E-state index contributed by atoms with van der Waals surface area (Å²) in [5, 5.41) is 8.53. The van der Waals surface area contributed by atoms with Crippen LogP contribution >= 0.6 is 0 Å². The van der Waals surface area contributed by atoms with Gasteiger partial charge in [0.15, 0.2) is 0 Å². The minimum Gasteiger partial charge on any atom is -0.396 e. The average molecular weight is 126 g/mol. The predicted molar refractivity (Wildman–Crippen MR) is 38.9 cm³/mol. The number of hydrogen-bond donors (Lipinski definition) is 1. The van der Waals surface area contributed by atoms with E-state index >= 15 is 0 Å². The van der Waals surface area contributed by atoms with Gasteiger partial charge >= 0.3 is 0 Å². The van der Waals surface area contributed by atoms with Crippen molar-refractivity contribution in [3.05, 3.63) is 0 Å². The summed E-state index contributed by atoms with van der Waals surface area (Å²) in [5.74, 6) is 3.12. The summed E-state index contributed by atoms with van der Waals surface area (Å²) >= 11 is 0. The highest BCUT2D eigenvalue weighted by atomic mass is 16.3. The Balaban J connectivity index is 3.32. The molecule has 0 heterocycles. The van der Waals surface area contributed by atoms with Crippen molar-refractivity contribution in [2.75, 3.05) is 6.61 Å². The summed E-state index contributed by atoms with van der Waals surface area (Å²) in [5.41, 5.74) is 0. The molecule has 0 aliphatic rings. The van der Waals surface area contributed by atoms with Crippen LogP contribution < -0.4 is 0 Å². The van der Waals surface area contributed by atoms with Crippen molar-refractivity contribution in [3.63, 3.8) is 0 Å². The van der Waals surface area contributed by atoms with E-state index in [1.54, 1.807) is 0 Å². The topological polar surface area (TPSA) is 20.2 Å². The minimum atomic E-state index is 0.264. The van der Waals surface area contributed by atoms with Gasteiger partial charge in [0, 0.05) is 13.0 Å². The number of terminal acetylenes is 1. The standard InChI is InChI=1S/C8H14O/c1-3-5-8(4-2)6-7-9/h1,8-9H,4-7H2,2H3. The number of hydrogen-bond acceptors (Lipinski definition) is 1. The Morgan fingerprint density at radius 1 is 1.67 bits per heavy atom. The van der Waals surface area contributed by atoms with Crippen molar-refractivity contribution < 1.29 is 5.11 Å². The fraction of sp³-hybridized carbons (Fsp3) is 0.750. The van der Waals surface area contributed by atoms with Crippen LogP contribution in [0.4, 0.5) is 0 Å². The fourth-order valence-electron chi connectivity index (χ4n) is 0.800. The molecule has 0 aromatic carbocycles. The fourth-order valence-corrected chi connectivity index (χ4v) is 0.800. The maximum absolute atomic E-state index is 8.53. The first kappa shape index (κ1) is 8.52. The van der Waals surface area contributed by atoms with Crippen molar-refractivity contribution in [1.29, 1.82) is 0 Å². The summed E-state index contributed by atoms with van der Waals surface area (Å²) < 4.78 is 0. The molecule has 0 aromatic heterocycles. The van der Waals surface area contributed by atoms with E-state index < -0.39 is 0 Å². The third-order valence-electron chi connectivity index (χ3n) is 1.52. The van der Waals surface area contributed by atoms with Crippen molar-refractivity contribution >= 4 is 0 Å². The third kappa shape index (κ3) is 4.05. The second-order valence-corrected chi connectivity index (χ2v) is 2.19. The predicted octanol–water partition coefficient (Wildman–Crippen LogP) is 1.42. The van der Waals surface area contributed by atoms with Gasteiger partial charge in [-0.25, -0.2) is 0 Å². The van der Waals surface area contributed by atoms with Crippen LogP contribution in [-0.2, 0) is 0 Å². The van der Waals surface area contributed by atoms with E-state index in [9.17, 15) is 0 Å². The number of aliphatic hydroxyl groups is 1. The molecule has 0 spiro atoms. The van der Waals surface area contributed by atoms with Crippen LogP contribution in [0.5, 0.6) is 0 Å². The average Bonchev–Trinajstić information content (AvgIpc) is 1.88. The second kappa shape index (κ2) is 5.65. The SMILES string of the molecule is C#CCC(CC)CCO. The molecule has 1 N–H and O–H groups in total. The maximum Gasteiger partial charge on any atom is 0.0434 e. The summed E-state index contributed by atoms with van der Waals surface area (Å²) in [4.78, 5) is 0. The van der Waals surface area contributed by atoms with Crippen molar-refractivity contribution in [1.82, 2.24) is 0 Å². The molecule has 0 aromatic rings. The quantitative estimate of drug-likeness (QED) is 0.565. The molecule has 0 aliphatic carbocycles. The van der Waals surface area contributed by atoms with Crippen LogP contribution in [0.25, 0.3) is 0 Å². The highest BCUT2D eigenvalue weighted by Crippen LogP contribution is 2.10. The van der Waals surface area contributed by atoms with Gasteiger partial charge in [-0.15, -0.1) is 12.3 Å². The second-order valence-electron chi connectivity index (χ2n) is 2.19. The Labute approximate surface area is 57.1 Å². The molecule has 52 valence electrons. The highest BCUT2D eigenvalue weighted by Gasteiger charge is 2.01. The Hall–Kier alpha value is -0.480. The smallest absolute Gasteiger partial charge is 0.0434 e. The molecule has 1 heteroatoms. The van der Waals surface area contributed by atoms with Crippen molar-refractivity contribution in [3.8, 4) is 12.3 Å². The molecule has 0 radical (unpaired) electrons. The molecule has 1 nitrogen and oxygen atoms in total. The molecule has 1 unspecified atom stereocenters. The van der Waals surface area contributed by atoms with Gasteiger partial charge in [-0.2, -0.15) is 0 Å². The lowest BCUT2D eigenvalue weighted by Crippen LogP contribution is -1.99. The Bertz CT molecular complexity index is 91.2. The van der Waals surface area contributed by atoms with Gasteiger partial charge in [0.2, 0.25) is 0 Å². The summed E-state index contributed by atoms with van der Waals surface area (Å²) in [6, 6.07) is 0. The molecule has 0 aliphatic heterocycles. The van der Waals surface area contributed by atoms with Crippen LogP contribution in [0, 0.1) is 18.3 Å². The maximum atomic E-state index is 8.53. The lowest BCUT2D eigenvalue weighted by atomic mass is 10.00. The summed E-state index contributed by atoms with van der Waals surface area (Å²) in [6.07, 6.45) is 7.83. The zero-order chi connectivity index (χ0) is 7.11.